The van der Waals surface area contributed by atoms with Gasteiger partial charge in [0.25, 0.3) is 0 Å². The van der Waals surface area contributed by atoms with Crippen LogP contribution in [0.25, 0.3) is 6.08 Å². The molecule has 0 amide bonds. The lowest BCUT2D eigenvalue weighted by Gasteiger charge is -2.24. The Balaban J connectivity index is 2.30. The maximum atomic E-state index is 12.8. The van der Waals surface area contributed by atoms with Gasteiger partial charge in [-0.15, -0.1) is 0 Å². The van der Waals surface area contributed by atoms with E-state index in [2.05, 4.69) is 20.8 Å². The fraction of sp³-hybridized carbons (Fsp3) is 0.429. The number of esters is 1. The average Bonchev–Trinajstić information content (AvgIpc) is 2.72. The van der Waals surface area contributed by atoms with Crippen molar-refractivity contribution in [3.8, 4) is 17.2 Å². The lowest BCUT2D eigenvalue weighted by molar-refractivity contribution is -0.143. The molecule has 0 unspecified atom stereocenters. The first-order chi connectivity index (χ1) is 15.4. The first-order valence-electron chi connectivity index (χ1n) is 11.4. The minimum absolute atomic E-state index is 0.137. The van der Waals surface area contributed by atoms with Crippen molar-refractivity contribution in [2.45, 2.75) is 60.8 Å². The van der Waals surface area contributed by atoms with E-state index >= 15 is 0 Å². The molecule has 2 rings (SSSR count). The summed E-state index contributed by atoms with van der Waals surface area (Å²) in [5.41, 5.74) is 1.63. The molecular weight excluding hydrogens is 416 g/mol. The average molecular weight is 453 g/mol. The quantitative estimate of drug-likeness (QED) is 0.195. The van der Waals surface area contributed by atoms with Crippen LogP contribution in [0.2, 0.25) is 0 Å². The van der Waals surface area contributed by atoms with Crippen LogP contribution >= 0.6 is 0 Å². The van der Waals surface area contributed by atoms with Crippen LogP contribution in [0.3, 0.4) is 0 Å². The molecule has 0 radical (unpaired) electrons. The third-order valence-electron chi connectivity index (χ3n) is 4.90. The Bertz CT molecular complexity index is 1000. The van der Waals surface area contributed by atoms with Crippen molar-refractivity contribution in [2.24, 2.45) is 5.41 Å². The largest absolute Gasteiger partial charge is 0.493 e. The van der Waals surface area contributed by atoms with E-state index in [9.17, 15) is 9.59 Å². The van der Waals surface area contributed by atoms with Crippen LogP contribution in [0, 0.1) is 5.41 Å². The number of carbonyl (C=O) groups excluding carboxylic acids is 2. The number of benzene rings is 2. The van der Waals surface area contributed by atoms with Gasteiger partial charge in [-0.25, -0.2) is 0 Å². The molecule has 0 aromatic heterocycles. The smallest absolute Gasteiger partial charge is 0.316 e. The molecule has 2 aromatic rings. The standard InChI is InChI=1S/C28H36O5/c1-9-31-24-18-25(32-10-2)22(27(3,4)5)17-20(24)13-16-23(29)19-11-14-21(15-12-19)33-26(30)28(6,7)8/h11-18H,9-10H2,1-8H3. The number of carbonyl (C=O) groups is 2. The molecule has 0 spiro atoms. The van der Waals surface area contributed by atoms with E-state index in [4.69, 9.17) is 14.2 Å². The van der Waals surface area contributed by atoms with Gasteiger partial charge in [-0.1, -0.05) is 20.8 Å². The third kappa shape index (κ3) is 7.21. The molecule has 0 heterocycles. The summed E-state index contributed by atoms with van der Waals surface area (Å²) < 4.78 is 17.0. The van der Waals surface area contributed by atoms with E-state index in [1.54, 1.807) is 51.1 Å². The van der Waals surface area contributed by atoms with Crippen molar-refractivity contribution >= 4 is 17.8 Å². The highest BCUT2D eigenvalue weighted by Gasteiger charge is 2.24. The maximum Gasteiger partial charge on any atom is 0.316 e. The van der Waals surface area contributed by atoms with E-state index in [0.717, 1.165) is 16.9 Å². The van der Waals surface area contributed by atoms with Gasteiger partial charge in [0, 0.05) is 22.8 Å². The molecule has 0 saturated carbocycles. The van der Waals surface area contributed by atoms with Gasteiger partial charge in [0.1, 0.15) is 17.2 Å². The SMILES string of the molecule is CCOc1cc(OCC)c(C(C)(C)C)cc1C=CC(=O)c1ccc(OC(=O)C(C)(C)C)cc1. The Hall–Kier alpha value is -3.08. The maximum absolute atomic E-state index is 12.8. The van der Waals surface area contributed by atoms with Crippen LogP contribution in [0.4, 0.5) is 0 Å². The second-order valence-electron chi connectivity index (χ2n) is 9.86. The van der Waals surface area contributed by atoms with Gasteiger partial charge in [-0.3, -0.25) is 9.59 Å². The second-order valence-corrected chi connectivity index (χ2v) is 9.86. The zero-order chi connectivity index (χ0) is 24.8. The number of hydrogen-bond donors (Lipinski definition) is 0. The van der Waals surface area contributed by atoms with Crippen molar-refractivity contribution < 1.29 is 23.8 Å². The Morgan fingerprint density at radius 1 is 0.848 bits per heavy atom. The highest BCUT2D eigenvalue weighted by atomic mass is 16.5. The third-order valence-corrected chi connectivity index (χ3v) is 4.90. The zero-order valence-corrected chi connectivity index (χ0v) is 21.1. The minimum atomic E-state index is -0.598. The molecule has 0 aliphatic heterocycles. The number of allylic oxidation sites excluding steroid dienone is 1. The van der Waals surface area contributed by atoms with Crippen LogP contribution in [0.15, 0.2) is 42.5 Å². The summed E-state index contributed by atoms with van der Waals surface area (Å²) in [5, 5.41) is 0. The Morgan fingerprint density at radius 2 is 1.42 bits per heavy atom. The van der Waals surface area contributed by atoms with Gasteiger partial charge in [0.15, 0.2) is 5.78 Å². The van der Waals surface area contributed by atoms with Crippen molar-refractivity contribution in [2.75, 3.05) is 13.2 Å². The molecular formula is C28H36O5. The molecule has 0 N–H and O–H groups in total. The minimum Gasteiger partial charge on any atom is -0.493 e. The second kappa shape index (κ2) is 10.7. The highest BCUT2D eigenvalue weighted by molar-refractivity contribution is 6.07. The fourth-order valence-electron chi connectivity index (χ4n) is 3.06. The molecule has 0 aliphatic carbocycles. The highest BCUT2D eigenvalue weighted by Crippen LogP contribution is 2.37. The molecule has 178 valence electrons. The van der Waals surface area contributed by atoms with Gasteiger partial charge in [-0.05, 0) is 82.5 Å². The first kappa shape index (κ1) is 26.2. The van der Waals surface area contributed by atoms with E-state index < -0.39 is 5.41 Å². The Morgan fingerprint density at radius 3 is 1.94 bits per heavy atom. The molecule has 0 atom stereocenters. The van der Waals surface area contributed by atoms with Crippen LogP contribution in [-0.4, -0.2) is 25.0 Å². The lowest BCUT2D eigenvalue weighted by Crippen LogP contribution is -2.25. The summed E-state index contributed by atoms with van der Waals surface area (Å²) in [7, 11) is 0. The predicted octanol–water partition coefficient (Wildman–Crippen LogP) is 6.63. The zero-order valence-electron chi connectivity index (χ0n) is 21.1. The van der Waals surface area contributed by atoms with Crippen molar-refractivity contribution in [3.05, 3.63) is 59.2 Å². The fourth-order valence-corrected chi connectivity index (χ4v) is 3.06. The van der Waals surface area contributed by atoms with Gasteiger partial charge < -0.3 is 14.2 Å². The van der Waals surface area contributed by atoms with Crippen LogP contribution in [0.1, 0.15) is 76.9 Å². The molecule has 2 aromatic carbocycles. The summed E-state index contributed by atoms with van der Waals surface area (Å²) in [4.78, 5) is 24.8. The van der Waals surface area contributed by atoms with Gasteiger partial charge in [-0.2, -0.15) is 0 Å². The topological polar surface area (TPSA) is 61.8 Å². The summed E-state index contributed by atoms with van der Waals surface area (Å²) in [6, 6.07) is 10.5. The first-order valence-corrected chi connectivity index (χ1v) is 11.4. The summed E-state index contributed by atoms with van der Waals surface area (Å²) >= 11 is 0. The van der Waals surface area contributed by atoms with Gasteiger partial charge in [0.05, 0.1) is 18.6 Å². The molecule has 0 aliphatic rings. The Labute approximate surface area is 197 Å². The van der Waals surface area contributed by atoms with Crippen molar-refractivity contribution in [1.29, 1.82) is 0 Å². The molecule has 0 bridgehead atoms. The molecule has 0 saturated heterocycles. The molecule has 5 nitrogen and oxygen atoms in total. The molecule has 0 fully saturated rings. The molecule has 33 heavy (non-hydrogen) atoms. The van der Waals surface area contributed by atoms with Crippen molar-refractivity contribution in [3.63, 3.8) is 0 Å². The summed E-state index contributed by atoms with van der Waals surface area (Å²) in [5.74, 6) is 1.39. The van der Waals surface area contributed by atoms with Gasteiger partial charge in [0.2, 0.25) is 0 Å². The van der Waals surface area contributed by atoms with Gasteiger partial charge >= 0.3 is 5.97 Å². The predicted molar refractivity (Wildman–Crippen MR) is 132 cm³/mol. The Kier molecular flexibility index (Phi) is 8.48. The van der Waals surface area contributed by atoms with E-state index in [0.29, 0.717) is 30.3 Å². The van der Waals surface area contributed by atoms with E-state index in [-0.39, 0.29) is 17.2 Å². The number of ketones is 1. The van der Waals surface area contributed by atoms with Crippen LogP contribution in [-0.2, 0) is 10.2 Å². The van der Waals surface area contributed by atoms with Crippen molar-refractivity contribution in [1.82, 2.24) is 0 Å². The lowest BCUT2D eigenvalue weighted by atomic mass is 9.85. The van der Waals surface area contributed by atoms with E-state index in [1.807, 2.05) is 26.0 Å². The van der Waals surface area contributed by atoms with Crippen LogP contribution < -0.4 is 14.2 Å². The monoisotopic (exact) mass is 452 g/mol. The normalized spacial score (nSPS) is 12.0. The van der Waals surface area contributed by atoms with Crippen LogP contribution in [0.5, 0.6) is 17.2 Å². The summed E-state index contributed by atoms with van der Waals surface area (Å²) in [6.45, 7) is 16.7. The van der Waals surface area contributed by atoms with E-state index in [1.165, 1.54) is 6.08 Å². The summed E-state index contributed by atoms with van der Waals surface area (Å²) in [6.07, 6.45) is 3.30. The molecule has 5 heteroatoms. The number of hydrogen-bond acceptors (Lipinski definition) is 5. The number of ether oxygens (including phenoxy) is 3. The number of rotatable bonds is 8.